The number of primary sulfonamides is 1. The van der Waals surface area contributed by atoms with Gasteiger partial charge in [0.05, 0.1) is 16.2 Å². The van der Waals surface area contributed by atoms with Gasteiger partial charge in [-0.2, -0.15) is 0 Å². The molecular weight excluding hydrogens is 496 g/mol. The zero-order valence-electron chi connectivity index (χ0n) is 20.7. The Labute approximate surface area is 217 Å². The number of hydrogen-bond donors (Lipinski definition) is 3. The summed E-state index contributed by atoms with van der Waals surface area (Å²) in [4.78, 5) is 29.5. The first-order valence-electron chi connectivity index (χ1n) is 11.9. The number of nitrogens with one attached hydrogen (secondary N) is 1. The Kier molecular flexibility index (Phi) is 9.10. The van der Waals surface area contributed by atoms with Crippen molar-refractivity contribution in [2.45, 2.75) is 57.9 Å². The summed E-state index contributed by atoms with van der Waals surface area (Å²) in [6, 6.07) is 12.0. The Morgan fingerprint density at radius 1 is 1.08 bits per heavy atom. The molecule has 0 aliphatic rings. The van der Waals surface area contributed by atoms with Crippen LogP contribution in [-0.2, 0) is 23.0 Å². The van der Waals surface area contributed by atoms with E-state index in [0.717, 1.165) is 30.7 Å². The van der Waals surface area contributed by atoms with Crippen LogP contribution in [0, 0.1) is 6.92 Å². The van der Waals surface area contributed by atoms with Crippen molar-refractivity contribution in [2.75, 3.05) is 6.54 Å². The smallest absolute Gasteiger partial charge is 0.253 e. The van der Waals surface area contributed by atoms with Crippen LogP contribution >= 0.6 is 12.6 Å². The summed E-state index contributed by atoms with van der Waals surface area (Å²) in [5.74, 6) is 0.346. The van der Waals surface area contributed by atoms with Crippen LogP contribution in [0.25, 0.3) is 11.1 Å². The van der Waals surface area contributed by atoms with E-state index in [-0.39, 0.29) is 15.6 Å². The van der Waals surface area contributed by atoms with Crippen molar-refractivity contribution in [3.8, 4) is 11.1 Å². The number of imidazole rings is 1. The minimum Gasteiger partial charge on any atom is -0.352 e. The quantitative estimate of drug-likeness (QED) is 0.323. The molecule has 2 aromatic carbocycles. The van der Waals surface area contributed by atoms with Crippen LogP contribution in [0.2, 0.25) is 0 Å². The second-order valence-corrected chi connectivity index (χ2v) is 10.6. The highest BCUT2D eigenvalue weighted by atomic mass is 32.2. The monoisotopic (exact) mass is 528 g/mol. The Hall–Kier alpha value is -2.95. The molecule has 0 radical (unpaired) electrons. The molecule has 0 spiro atoms. The Morgan fingerprint density at radius 2 is 1.78 bits per heavy atom. The van der Waals surface area contributed by atoms with E-state index in [9.17, 15) is 18.0 Å². The molecule has 192 valence electrons. The maximum Gasteiger partial charge on any atom is 0.253 e. The maximum atomic E-state index is 12.9. The third kappa shape index (κ3) is 6.24. The standard InChI is InChI=1S/C26H32N4O4S2/c1-4-6-10-22-29-17(3)24(26(32)35)30(22)16-18-11-13-19(14-12-18)20-8-7-9-21(36(27,33)34)23(20)25(31)28-15-5-2/h7-9,11-14H,4-6,10,15-16H2,1-3H3,(H,28,31)(H,32,35)(H2,27,33,34). The number of aromatic nitrogens is 2. The van der Waals surface area contributed by atoms with Crippen molar-refractivity contribution in [3.63, 3.8) is 0 Å². The molecule has 1 aromatic heterocycles. The van der Waals surface area contributed by atoms with Gasteiger partial charge in [0.1, 0.15) is 11.5 Å². The van der Waals surface area contributed by atoms with Gasteiger partial charge in [0.2, 0.25) is 15.1 Å². The molecule has 0 saturated heterocycles. The number of carbonyl (C=O) groups excluding carboxylic acids is 2. The third-order valence-electron chi connectivity index (χ3n) is 5.88. The molecule has 0 fully saturated rings. The second-order valence-electron chi connectivity index (χ2n) is 8.63. The van der Waals surface area contributed by atoms with Gasteiger partial charge in [-0.05, 0) is 42.5 Å². The molecule has 1 amide bonds. The minimum atomic E-state index is -4.12. The lowest BCUT2D eigenvalue weighted by Crippen LogP contribution is -2.28. The van der Waals surface area contributed by atoms with Gasteiger partial charge >= 0.3 is 0 Å². The summed E-state index contributed by atoms with van der Waals surface area (Å²) in [7, 11) is -4.12. The van der Waals surface area contributed by atoms with E-state index in [1.807, 2.05) is 42.7 Å². The lowest BCUT2D eigenvalue weighted by molar-refractivity contribution is 0.0950. The van der Waals surface area contributed by atoms with E-state index in [2.05, 4.69) is 29.9 Å². The van der Waals surface area contributed by atoms with E-state index < -0.39 is 15.9 Å². The first-order chi connectivity index (χ1) is 17.1. The molecule has 1 heterocycles. The number of unbranched alkanes of at least 4 members (excludes halogenated alkanes) is 1. The summed E-state index contributed by atoms with van der Waals surface area (Å²) >= 11 is 4.05. The van der Waals surface area contributed by atoms with Crippen molar-refractivity contribution in [2.24, 2.45) is 5.14 Å². The van der Waals surface area contributed by atoms with E-state index in [1.54, 1.807) is 12.1 Å². The number of sulfonamides is 1. The van der Waals surface area contributed by atoms with Gasteiger partial charge in [-0.3, -0.25) is 9.59 Å². The second kappa shape index (κ2) is 11.9. The van der Waals surface area contributed by atoms with Crippen LogP contribution in [0.3, 0.4) is 0 Å². The van der Waals surface area contributed by atoms with E-state index in [0.29, 0.717) is 42.0 Å². The van der Waals surface area contributed by atoms with Crippen molar-refractivity contribution < 1.29 is 18.0 Å². The molecule has 0 unspecified atom stereocenters. The Morgan fingerprint density at radius 3 is 2.36 bits per heavy atom. The molecule has 36 heavy (non-hydrogen) atoms. The fourth-order valence-corrected chi connectivity index (χ4v) is 5.18. The largest absolute Gasteiger partial charge is 0.352 e. The maximum absolute atomic E-state index is 12.9. The van der Waals surface area contributed by atoms with Crippen LogP contribution < -0.4 is 10.5 Å². The highest BCUT2D eigenvalue weighted by Gasteiger charge is 2.24. The molecule has 3 aromatic rings. The Bertz CT molecular complexity index is 1360. The van der Waals surface area contributed by atoms with E-state index in [4.69, 9.17) is 5.14 Å². The topological polar surface area (TPSA) is 124 Å². The number of nitrogens with zero attached hydrogens (tertiary/aromatic N) is 2. The van der Waals surface area contributed by atoms with Gasteiger partial charge in [-0.15, -0.1) is 0 Å². The molecule has 0 aliphatic carbocycles. The number of benzene rings is 2. The molecule has 3 N–H and O–H groups in total. The van der Waals surface area contributed by atoms with E-state index >= 15 is 0 Å². The molecule has 0 aliphatic heterocycles. The van der Waals surface area contributed by atoms with Crippen molar-refractivity contribution >= 4 is 33.7 Å². The molecular formula is C26H32N4O4S2. The SMILES string of the molecule is CCCCc1nc(C)c(C(=O)S)n1Cc1ccc(-c2cccc(S(N)(=O)=O)c2C(=O)NCCC)cc1. The van der Waals surface area contributed by atoms with Gasteiger partial charge in [0, 0.05) is 19.5 Å². The molecule has 0 atom stereocenters. The van der Waals surface area contributed by atoms with Crippen molar-refractivity contribution in [1.82, 2.24) is 14.9 Å². The Balaban J connectivity index is 2.02. The average molecular weight is 529 g/mol. The summed E-state index contributed by atoms with van der Waals surface area (Å²) < 4.78 is 26.4. The fraction of sp³-hybridized carbons (Fsp3) is 0.346. The number of nitrogens with two attached hydrogens (primary N) is 1. The number of aryl methyl sites for hydroxylation is 2. The first-order valence-corrected chi connectivity index (χ1v) is 13.9. The highest BCUT2D eigenvalue weighted by Crippen LogP contribution is 2.29. The lowest BCUT2D eigenvalue weighted by atomic mass is 9.98. The summed E-state index contributed by atoms with van der Waals surface area (Å²) in [5.41, 5.74) is 3.21. The fourth-order valence-electron chi connectivity index (χ4n) is 4.14. The normalized spacial score (nSPS) is 11.5. The average Bonchev–Trinajstić information content (AvgIpc) is 3.15. The molecule has 3 rings (SSSR count). The number of carbonyl (C=O) groups is 2. The number of thiol groups is 1. The lowest BCUT2D eigenvalue weighted by Gasteiger charge is -2.15. The first kappa shape index (κ1) is 27.6. The van der Waals surface area contributed by atoms with Gasteiger partial charge in [0.15, 0.2) is 0 Å². The predicted molar refractivity (Wildman–Crippen MR) is 144 cm³/mol. The minimum absolute atomic E-state index is 0.0243. The van der Waals surface area contributed by atoms with Crippen LogP contribution in [0.4, 0.5) is 0 Å². The molecule has 10 heteroatoms. The van der Waals surface area contributed by atoms with Gasteiger partial charge < -0.3 is 9.88 Å². The van der Waals surface area contributed by atoms with Crippen LogP contribution in [0.1, 0.15) is 71.0 Å². The molecule has 8 nitrogen and oxygen atoms in total. The predicted octanol–water partition coefficient (Wildman–Crippen LogP) is 4.11. The zero-order chi connectivity index (χ0) is 26.5. The van der Waals surface area contributed by atoms with E-state index in [1.165, 1.54) is 6.07 Å². The molecule has 0 saturated carbocycles. The van der Waals surface area contributed by atoms with Crippen LogP contribution in [-0.4, -0.2) is 35.5 Å². The highest BCUT2D eigenvalue weighted by molar-refractivity contribution is 7.97. The van der Waals surface area contributed by atoms with Crippen molar-refractivity contribution in [3.05, 3.63) is 70.8 Å². The summed E-state index contributed by atoms with van der Waals surface area (Å²) in [5, 5.41) is 7.84. The van der Waals surface area contributed by atoms with Crippen LogP contribution in [0.15, 0.2) is 47.4 Å². The number of amides is 1. The summed E-state index contributed by atoms with van der Waals surface area (Å²) in [6.45, 7) is 6.66. The molecule has 0 bridgehead atoms. The van der Waals surface area contributed by atoms with Gasteiger partial charge in [-0.25, -0.2) is 18.5 Å². The van der Waals surface area contributed by atoms with Crippen molar-refractivity contribution in [1.29, 1.82) is 0 Å². The number of hydrogen-bond acceptors (Lipinski definition) is 5. The number of rotatable bonds is 11. The third-order valence-corrected chi connectivity index (χ3v) is 7.04. The zero-order valence-corrected chi connectivity index (χ0v) is 22.5. The van der Waals surface area contributed by atoms with Gasteiger partial charge in [0.25, 0.3) is 5.91 Å². The van der Waals surface area contributed by atoms with Gasteiger partial charge in [-0.1, -0.05) is 69.3 Å². The summed E-state index contributed by atoms with van der Waals surface area (Å²) in [6.07, 6.45) is 3.43. The van der Waals surface area contributed by atoms with Crippen LogP contribution in [0.5, 0.6) is 0 Å².